The van der Waals surface area contributed by atoms with Crippen molar-refractivity contribution in [2.75, 3.05) is 60.7 Å². The van der Waals surface area contributed by atoms with E-state index in [0.29, 0.717) is 42.6 Å². The highest BCUT2D eigenvalue weighted by Crippen LogP contribution is 2.43. The molecule has 0 aromatic heterocycles. The van der Waals surface area contributed by atoms with Crippen LogP contribution in [0.4, 0.5) is 0 Å². The van der Waals surface area contributed by atoms with E-state index in [1.165, 1.54) is 43.3 Å². The van der Waals surface area contributed by atoms with Gasteiger partial charge in [-0.1, -0.05) is 23.4 Å². The number of carbonyl (C=O) groups is 2. The van der Waals surface area contributed by atoms with Crippen LogP contribution in [-0.4, -0.2) is 77.3 Å². The van der Waals surface area contributed by atoms with Crippen molar-refractivity contribution in [3.63, 3.8) is 0 Å². The van der Waals surface area contributed by atoms with E-state index in [4.69, 9.17) is 30.5 Å². The molecule has 2 fully saturated rings. The molecular weight excluding hydrogens is 488 g/mol. The third kappa shape index (κ3) is 5.00. The lowest BCUT2D eigenvalue weighted by atomic mass is 9.94. The standard InChI is InChI=1S/C26H29ClN2O7/c1-33-17-5-7-20(34-2)18(15-17)23-22(24(30)16-4-6-21(35-3)19(27)14-16)25(31)26(32)29(23)9-8-28-10-12-36-13-11-28/h4-7,14-15,23,30H,8-13H2,1-3H3. The van der Waals surface area contributed by atoms with Crippen molar-refractivity contribution in [3.05, 3.63) is 58.1 Å². The van der Waals surface area contributed by atoms with Crippen LogP contribution >= 0.6 is 11.6 Å². The van der Waals surface area contributed by atoms with Crippen LogP contribution in [0.3, 0.4) is 0 Å². The van der Waals surface area contributed by atoms with Gasteiger partial charge in [-0.3, -0.25) is 9.59 Å². The number of hydrogen-bond acceptors (Lipinski definition) is 7. The van der Waals surface area contributed by atoms with Crippen molar-refractivity contribution < 1.29 is 38.5 Å². The summed E-state index contributed by atoms with van der Waals surface area (Å²) in [7, 11) is 4.48. The summed E-state index contributed by atoms with van der Waals surface area (Å²) >= 11 is 6.25. The molecule has 192 valence electrons. The monoisotopic (exact) mass is 516 g/mol. The number of benzene rings is 2. The third-order valence-electron chi connectivity index (χ3n) is 6.58. The molecule has 0 aliphatic carbocycles. The summed E-state index contributed by atoms with van der Waals surface area (Å²) in [5.41, 5.74) is 0.533. The van der Waals surface area contributed by atoms with Crippen LogP contribution in [0.1, 0.15) is 17.2 Å². The zero-order valence-corrected chi connectivity index (χ0v) is 21.2. The number of ether oxygens (including phenoxy) is 4. The quantitative estimate of drug-likeness (QED) is 0.310. The number of halogens is 1. The van der Waals surface area contributed by atoms with E-state index in [0.717, 1.165) is 13.1 Å². The smallest absolute Gasteiger partial charge is 0.295 e. The molecule has 2 aromatic carbocycles. The van der Waals surface area contributed by atoms with Crippen molar-refractivity contribution in [1.29, 1.82) is 0 Å². The maximum Gasteiger partial charge on any atom is 0.295 e. The highest BCUT2D eigenvalue weighted by molar-refractivity contribution is 6.46. The zero-order valence-electron chi connectivity index (χ0n) is 20.5. The first kappa shape index (κ1) is 25.8. The molecule has 2 saturated heterocycles. The highest BCUT2D eigenvalue weighted by atomic mass is 35.5. The molecule has 0 bridgehead atoms. The molecule has 1 atom stereocenters. The fourth-order valence-corrected chi connectivity index (χ4v) is 4.89. The largest absolute Gasteiger partial charge is 0.872 e. The van der Waals surface area contributed by atoms with Crippen LogP contribution in [-0.2, 0) is 14.3 Å². The minimum atomic E-state index is -0.941. The van der Waals surface area contributed by atoms with Gasteiger partial charge < -0.3 is 33.9 Å². The molecule has 2 aliphatic heterocycles. The number of hydrogen-bond donors (Lipinski definition) is 1. The van der Waals surface area contributed by atoms with Gasteiger partial charge in [0.05, 0.1) is 58.7 Å². The summed E-state index contributed by atoms with van der Waals surface area (Å²) in [5.74, 6) is -0.790. The molecule has 2 aromatic rings. The Bertz CT molecular complexity index is 1180. The Morgan fingerprint density at radius 2 is 1.75 bits per heavy atom. The van der Waals surface area contributed by atoms with Crippen molar-refractivity contribution in [2.45, 2.75) is 6.04 Å². The summed E-state index contributed by atoms with van der Waals surface area (Å²) < 4.78 is 21.6. The first-order chi connectivity index (χ1) is 17.4. The normalized spacial score (nSPS) is 20.0. The number of methoxy groups -OCH3 is 3. The zero-order chi connectivity index (χ0) is 25.8. The van der Waals surface area contributed by atoms with Crippen LogP contribution in [0.15, 0.2) is 42.0 Å². The van der Waals surface area contributed by atoms with Crippen molar-refractivity contribution >= 4 is 29.1 Å². The second kappa shape index (κ2) is 11.2. The lowest BCUT2D eigenvalue weighted by Crippen LogP contribution is -3.14. The van der Waals surface area contributed by atoms with E-state index in [1.54, 1.807) is 24.3 Å². The lowest BCUT2D eigenvalue weighted by molar-refractivity contribution is -0.907. The van der Waals surface area contributed by atoms with Gasteiger partial charge in [0.2, 0.25) is 5.78 Å². The molecule has 10 heteroatoms. The minimum absolute atomic E-state index is 0.148. The summed E-state index contributed by atoms with van der Waals surface area (Å²) in [6.07, 6.45) is 0. The number of quaternary nitrogens is 1. The van der Waals surface area contributed by atoms with E-state index in [2.05, 4.69) is 0 Å². The first-order valence-electron chi connectivity index (χ1n) is 11.6. The van der Waals surface area contributed by atoms with Gasteiger partial charge in [-0.2, -0.15) is 0 Å². The second-order valence-corrected chi connectivity index (χ2v) is 8.95. The summed E-state index contributed by atoms with van der Waals surface area (Å²) in [5, 5.41) is 13.9. The van der Waals surface area contributed by atoms with Gasteiger partial charge in [0, 0.05) is 11.1 Å². The number of nitrogens with one attached hydrogen (secondary N) is 1. The minimum Gasteiger partial charge on any atom is -0.872 e. The lowest BCUT2D eigenvalue weighted by Gasteiger charge is -2.31. The Kier molecular flexibility index (Phi) is 8.03. The number of carbonyl (C=O) groups excluding carboxylic acids is 2. The Morgan fingerprint density at radius 3 is 2.39 bits per heavy atom. The molecule has 0 radical (unpaired) electrons. The number of morpholine rings is 1. The van der Waals surface area contributed by atoms with Crippen LogP contribution < -0.4 is 24.2 Å². The number of nitrogens with zero attached hydrogens (tertiary/aromatic N) is 1. The average Bonchev–Trinajstić information content (AvgIpc) is 3.16. The van der Waals surface area contributed by atoms with E-state index < -0.39 is 23.5 Å². The number of rotatable bonds is 8. The van der Waals surface area contributed by atoms with E-state index in [1.807, 2.05) is 0 Å². The van der Waals surface area contributed by atoms with Gasteiger partial charge in [-0.15, -0.1) is 0 Å². The molecular formula is C26H29ClN2O7. The molecule has 2 heterocycles. The van der Waals surface area contributed by atoms with Gasteiger partial charge in [-0.05, 0) is 35.9 Å². The van der Waals surface area contributed by atoms with Gasteiger partial charge >= 0.3 is 0 Å². The summed E-state index contributed by atoms with van der Waals surface area (Å²) in [6.45, 7) is 3.80. The van der Waals surface area contributed by atoms with Gasteiger partial charge in [-0.25, -0.2) is 0 Å². The molecule has 0 saturated carbocycles. The predicted molar refractivity (Wildman–Crippen MR) is 130 cm³/mol. The molecule has 9 nitrogen and oxygen atoms in total. The third-order valence-corrected chi connectivity index (χ3v) is 6.88. The number of ketones is 1. The van der Waals surface area contributed by atoms with Crippen LogP contribution in [0.2, 0.25) is 5.02 Å². The maximum absolute atomic E-state index is 13.7. The van der Waals surface area contributed by atoms with E-state index in [-0.39, 0.29) is 22.7 Å². The Labute approximate surface area is 214 Å². The SMILES string of the molecule is COc1ccc(OC)c(C2C(=C([O-])c3ccc(OC)c(Cl)c3)C(=O)C(=O)N2CC[NH+]2CCOCC2)c1. The van der Waals surface area contributed by atoms with Gasteiger partial charge in [0.25, 0.3) is 5.91 Å². The van der Waals surface area contributed by atoms with Gasteiger partial charge in [0.1, 0.15) is 30.3 Å². The number of Topliss-reactive ketones (excluding diaryl/α,β-unsaturated/α-hetero) is 1. The Morgan fingerprint density at radius 1 is 1.06 bits per heavy atom. The fourth-order valence-electron chi connectivity index (χ4n) is 4.63. The molecule has 2 aliphatic rings. The summed E-state index contributed by atoms with van der Waals surface area (Å²) in [6, 6.07) is 8.68. The predicted octanol–water partition coefficient (Wildman–Crippen LogP) is 0.505. The van der Waals surface area contributed by atoms with Crippen molar-refractivity contribution in [1.82, 2.24) is 4.90 Å². The summed E-state index contributed by atoms with van der Waals surface area (Å²) in [4.78, 5) is 29.3. The topological polar surface area (TPSA) is 102 Å². The maximum atomic E-state index is 13.7. The Balaban J connectivity index is 1.83. The van der Waals surface area contributed by atoms with Crippen molar-refractivity contribution in [2.24, 2.45) is 0 Å². The molecule has 36 heavy (non-hydrogen) atoms. The second-order valence-electron chi connectivity index (χ2n) is 8.54. The number of amides is 1. The average molecular weight is 517 g/mol. The highest BCUT2D eigenvalue weighted by Gasteiger charge is 2.45. The molecule has 1 amide bonds. The molecule has 1 N–H and O–H groups in total. The van der Waals surface area contributed by atoms with E-state index in [9.17, 15) is 14.7 Å². The molecule has 1 unspecified atom stereocenters. The molecule has 4 rings (SSSR count). The number of likely N-dealkylation sites (tertiary alicyclic amines) is 1. The van der Waals surface area contributed by atoms with E-state index >= 15 is 0 Å². The van der Waals surface area contributed by atoms with Crippen molar-refractivity contribution in [3.8, 4) is 17.2 Å². The van der Waals surface area contributed by atoms with Crippen LogP contribution in [0.5, 0.6) is 17.2 Å². The van der Waals surface area contributed by atoms with Crippen LogP contribution in [0.25, 0.3) is 5.76 Å². The van der Waals surface area contributed by atoms with Gasteiger partial charge in [0.15, 0.2) is 0 Å². The van der Waals surface area contributed by atoms with Crippen LogP contribution in [0, 0.1) is 0 Å². The first-order valence-corrected chi connectivity index (χ1v) is 12.0. The fraction of sp³-hybridized carbons (Fsp3) is 0.385. The Hall–Kier alpha value is -3.27. The molecule has 0 spiro atoms.